The molecule has 0 radical (unpaired) electrons. The number of aromatic nitrogens is 2. The summed E-state index contributed by atoms with van der Waals surface area (Å²) in [5, 5.41) is 7.66. The number of benzene rings is 1. The highest BCUT2D eigenvalue weighted by molar-refractivity contribution is 14.1. The molecule has 0 saturated heterocycles. The van der Waals surface area contributed by atoms with Crippen LogP contribution in [0.1, 0.15) is 19.4 Å². The van der Waals surface area contributed by atoms with E-state index in [-0.39, 0.29) is 0 Å². The molecule has 21 heavy (non-hydrogen) atoms. The van der Waals surface area contributed by atoms with Gasteiger partial charge in [0.2, 0.25) is 0 Å². The molecule has 1 heterocycles. The fourth-order valence-corrected chi connectivity index (χ4v) is 2.37. The molecule has 1 aromatic carbocycles. The maximum Gasteiger partial charge on any atom is 0.119 e. The van der Waals surface area contributed by atoms with Crippen LogP contribution >= 0.6 is 22.6 Å². The predicted molar refractivity (Wildman–Crippen MR) is 93.4 cm³/mol. The fourth-order valence-electron chi connectivity index (χ4n) is 1.93. The summed E-state index contributed by atoms with van der Waals surface area (Å²) in [5.41, 5.74) is 1.28. The quantitative estimate of drug-likeness (QED) is 0.693. The number of nitrogens with one attached hydrogen (secondary N) is 1. The van der Waals surface area contributed by atoms with Gasteiger partial charge >= 0.3 is 0 Å². The molecule has 0 aliphatic rings. The SMILES string of the molecule is CC(C)CNCc1ccc(OCCn2cc(I)cn2)cc1. The Morgan fingerprint density at radius 1 is 1.29 bits per heavy atom. The van der Waals surface area contributed by atoms with Gasteiger partial charge in [-0.25, -0.2) is 0 Å². The van der Waals surface area contributed by atoms with Crippen molar-refractivity contribution in [3.05, 3.63) is 45.8 Å². The van der Waals surface area contributed by atoms with Crippen molar-refractivity contribution in [1.82, 2.24) is 15.1 Å². The summed E-state index contributed by atoms with van der Waals surface area (Å²) in [6, 6.07) is 8.28. The number of ether oxygens (including phenoxy) is 1. The second-order valence-electron chi connectivity index (χ2n) is 5.44. The van der Waals surface area contributed by atoms with Crippen molar-refractivity contribution >= 4 is 22.6 Å². The van der Waals surface area contributed by atoms with Crippen LogP contribution in [0, 0.1) is 9.49 Å². The van der Waals surface area contributed by atoms with E-state index < -0.39 is 0 Å². The summed E-state index contributed by atoms with van der Waals surface area (Å²) in [6.45, 7) is 7.77. The topological polar surface area (TPSA) is 39.1 Å². The molecule has 0 saturated carbocycles. The van der Waals surface area contributed by atoms with Crippen LogP contribution in [-0.2, 0) is 13.1 Å². The van der Waals surface area contributed by atoms with E-state index >= 15 is 0 Å². The van der Waals surface area contributed by atoms with Crippen molar-refractivity contribution in [1.29, 1.82) is 0 Å². The molecule has 0 atom stereocenters. The summed E-state index contributed by atoms with van der Waals surface area (Å²) in [4.78, 5) is 0. The van der Waals surface area contributed by atoms with Crippen molar-refractivity contribution < 1.29 is 4.74 Å². The highest BCUT2D eigenvalue weighted by atomic mass is 127. The van der Waals surface area contributed by atoms with Crippen molar-refractivity contribution in [2.75, 3.05) is 13.2 Å². The molecule has 0 aliphatic carbocycles. The first-order valence-corrected chi connectivity index (χ1v) is 8.32. The molecule has 0 bridgehead atoms. The van der Waals surface area contributed by atoms with E-state index in [0.717, 1.165) is 29.0 Å². The molecule has 2 rings (SSSR count). The molecule has 4 nitrogen and oxygen atoms in total. The van der Waals surface area contributed by atoms with Gasteiger partial charge in [0.05, 0.1) is 16.3 Å². The molecule has 114 valence electrons. The Hall–Kier alpha value is -1.08. The van der Waals surface area contributed by atoms with E-state index in [1.807, 2.05) is 29.2 Å². The van der Waals surface area contributed by atoms with Crippen molar-refractivity contribution in [3.63, 3.8) is 0 Å². The highest BCUT2D eigenvalue weighted by Gasteiger charge is 1.99. The summed E-state index contributed by atoms with van der Waals surface area (Å²) < 4.78 is 8.77. The average Bonchev–Trinajstić information content (AvgIpc) is 2.86. The fraction of sp³-hybridized carbons (Fsp3) is 0.438. The van der Waals surface area contributed by atoms with Gasteiger partial charge in [0.25, 0.3) is 0 Å². The van der Waals surface area contributed by atoms with E-state index in [4.69, 9.17) is 4.74 Å². The monoisotopic (exact) mass is 399 g/mol. The van der Waals surface area contributed by atoms with Crippen LogP contribution in [0.3, 0.4) is 0 Å². The molecule has 2 aromatic rings. The van der Waals surface area contributed by atoms with Crippen molar-refractivity contribution in [2.24, 2.45) is 5.92 Å². The van der Waals surface area contributed by atoms with E-state index in [1.54, 1.807) is 0 Å². The summed E-state index contributed by atoms with van der Waals surface area (Å²) in [7, 11) is 0. The first-order valence-electron chi connectivity index (χ1n) is 7.24. The highest BCUT2D eigenvalue weighted by Crippen LogP contribution is 2.12. The molecule has 0 aliphatic heterocycles. The van der Waals surface area contributed by atoms with E-state index in [9.17, 15) is 0 Å². The first-order chi connectivity index (χ1) is 10.1. The molecular formula is C16H22IN3O. The van der Waals surface area contributed by atoms with Crippen LogP contribution in [-0.4, -0.2) is 22.9 Å². The van der Waals surface area contributed by atoms with Gasteiger partial charge in [-0.05, 0) is 52.7 Å². The van der Waals surface area contributed by atoms with Crippen LogP contribution in [0.15, 0.2) is 36.7 Å². The smallest absolute Gasteiger partial charge is 0.119 e. The zero-order valence-corrected chi connectivity index (χ0v) is 14.7. The molecule has 1 aromatic heterocycles. The van der Waals surface area contributed by atoms with E-state index in [1.165, 1.54) is 5.56 Å². The van der Waals surface area contributed by atoms with Crippen molar-refractivity contribution in [2.45, 2.75) is 26.9 Å². The molecule has 0 fully saturated rings. The molecule has 0 unspecified atom stereocenters. The Morgan fingerprint density at radius 3 is 2.67 bits per heavy atom. The summed E-state index contributed by atoms with van der Waals surface area (Å²) in [5.74, 6) is 1.59. The maximum absolute atomic E-state index is 5.73. The van der Waals surface area contributed by atoms with Gasteiger partial charge in [0.15, 0.2) is 0 Å². The zero-order chi connectivity index (χ0) is 15.1. The summed E-state index contributed by atoms with van der Waals surface area (Å²) in [6.07, 6.45) is 3.85. The minimum atomic E-state index is 0.628. The van der Waals surface area contributed by atoms with Gasteiger partial charge in [-0.1, -0.05) is 26.0 Å². The number of hydrogen-bond donors (Lipinski definition) is 1. The van der Waals surface area contributed by atoms with Gasteiger partial charge in [-0.3, -0.25) is 4.68 Å². The minimum Gasteiger partial charge on any atom is -0.492 e. The Kier molecular flexibility index (Phi) is 6.50. The number of rotatable bonds is 8. The number of nitrogens with zero attached hydrogens (tertiary/aromatic N) is 2. The van der Waals surface area contributed by atoms with Crippen LogP contribution in [0.2, 0.25) is 0 Å². The van der Waals surface area contributed by atoms with Gasteiger partial charge in [0, 0.05) is 12.7 Å². The van der Waals surface area contributed by atoms with Crippen LogP contribution in [0.4, 0.5) is 0 Å². The molecule has 0 amide bonds. The van der Waals surface area contributed by atoms with E-state index in [2.05, 4.69) is 59.0 Å². The largest absolute Gasteiger partial charge is 0.492 e. The second kappa shape index (κ2) is 8.38. The van der Waals surface area contributed by atoms with Crippen LogP contribution < -0.4 is 10.1 Å². The van der Waals surface area contributed by atoms with Gasteiger partial charge < -0.3 is 10.1 Å². The lowest BCUT2D eigenvalue weighted by molar-refractivity contribution is 0.291. The molecule has 1 N–H and O–H groups in total. The summed E-state index contributed by atoms with van der Waals surface area (Å²) >= 11 is 2.25. The predicted octanol–water partition coefficient (Wildman–Crippen LogP) is 3.31. The van der Waals surface area contributed by atoms with E-state index in [0.29, 0.717) is 12.5 Å². The molecule has 0 spiro atoms. The van der Waals surface area contributed by atoms with Crippen LogP contribution in [0.25, 0.3) is 0 Å². The van der Waals surface area contributed by atoms with Gasteiger partial charge in [-0.2, -0.15) is 5.10 Å². The third-order valence-corrected chi connectivity index (χ3v) is 3.55. The van der Waals surface area contributed by atoms with Crippen molar-refractivity contribution in [3.8, 4) is 5.75 Å². The third kappa shape index (κ3) is 6.05. The second-order valence-corrected chi connectivity index (χ2v) is 6.68. The van der Waals surface area contributed by atoms with Crippen LogP contribution in [0.5, 0.6) is 5.75 Å². The Labute approximate surface area is 140 Å². The average molecular weight is 399 g/mol. The molecular weight excluding hydrogens is 377 g/mol. The lowest BCUT2D eigenvalue weighted by Crippen LogP contribution is -2.18. The van der Waals surface area contributed by atoms with Gasteiger partial charge in [0.1, 0.15) is 12.4 Å². The Bertz CT molecular complexity index is 537. The molecule has 5 heteroatoms. The lowest BCUT2D eigenvalue weighted by atomic mass is 10.2. The van der Waals surface area contributed by atoms with Gasteiger partial charge in [-0.15, -0.1) is 0 Å². The maximum atomic E-state index is 5.73. The normalized spacial score (nSPS) is 11.0. The standard InChI is InChI=1S/C16H22IN3O/c1-13(2)9-18-10-14-3-5-16(6-4-14)21-8-7-20-12-15(17)11-19-20/h3-6,11-13,18H,7-10H2,1-2H3. The minimum absolute atomic E-state index is 0.628. The third-order valence-electron chi connectivity index (χ3n) is 3.00. The number of halogens is 1. The Balaban J connectivity index is 1.72. The Morgan fingerprint density at radius 2 is 2.05 bits per heavy atom. The zero-order valence-electron chi connectivity index (χ0n) is 12.6. The lowest BCUT2D eigenvalue weighted by Gasteiger charge is -2.09. The number of hydrogen-bond acceptors (Lipinski definition) is 3. The first kappa shape index (κ1) is 16.3.